The van der Waals surface area contributed by atoms with Gasteiger partial charge in [-0.15, -0.1) is 0 Å². The van der Waals surface area contributed by atoms with Crippen LogP contribution in [-0.2, 0) is 26.6 Å². The molecule has 3 aromatic carbocycles. The van der Waals surface area contributed by atoms with E-state index in [4.69, 9.17) is 4.18 Å². The van der Waals surface area contributed by atoms with Crippen molar-refractivity contribution in [2.75, 3.05) is 0 Å². The molecule has 0 radical (unpaired) electrons. The molecule has 1 heterocycles. The fourth-order valence-electron chi connectivity index (χ4n) is 2.88. The quantitative estimate of drug-likeness (QED) is 0.408. The van der Waals surface area contributed by atoms with Crippen molar-refractivity contribution < 1.29 is 18.9 Å². The molecule has 4 aromatic rings. The number of aromatic nitrogens is 2. The number of imidazole rings is 1. The smallest absolute Gasteiger partial charge is 0.318 e. The predicted octanol–water partition coefficient (Wildman–Crippen LogP) is 4.12. The van der Waals surface area contributed by atoms with E-state index in [9.17, 15) is 14.7 Å². The van der Waals surface area contributed by atoms with Crippen molar-refractivity contribution in [3.8, 4) is 0 Å². The van der Waals surface area contributed by atoms with Gasteiger partial charge in [0.2, 0.25) is 5.16 Å². The number of aromatic amines is 1. The average molecular weight is 448 g/mol. The Hall–Kier alpha value is -3.58. The van der Waals surface area contributed by atoms with Gasteiger partial charge in [0.05, 0.1) is 17.5 Å². The van der Waals surface area contributed by atoms with E-state index in [1.54, 1.807) is 0 Å². The summed E-state index contributed by atoms with van der Waals surface area (Å²) in [6.45, 7) is 0. The molecule has 1 N–H and O–H groups in total. The average Bonchev–Trinajstić information content (AvgIpc) is 3.25. The lowest BCUT2D eigenvalue weighted by Crippen LogP contribution is -2.22. The number of para-hydroxylation sites is 2. The number of fused-ring (bicyclic) bond motifs is 1. The summed E-state index contributed by atoms with van der Waals surface area (Å²) in [5, 5.41) is 10.6. The molecular formula is C25H23N2O4S-. The molecule has 0 unspecified atom stereocenters. The number of nitrogens with one attached hydrogen (secondary N) is 1. The summed E-state index contributed by atoms with van der Waals surface area (Å²) in [6.07, 6.45) is 1.70. The maximum absolute atomic E-state index is 11.2. The largest absolute Gasteiger partial charge is 0.550 e. The summed E-state index contributed by atoms with van der Waals surface area (Å²) >= 11 is 0.776. The Balaban J connectivity index is 0.000000186. The van der Waals surface area contributed by atoms with Gasteiger partial charge in [0.25, 0.3) is 0 Å². The fourth-order valence-corrected chi connectivity index (χ4v) is 3.42. The lowest BCUT2D eigenvalue weighted by molar-refractivity contribution is -0.305. The van der Waals surface area contributed by atoms with Crippen molar-refractivity contribution in [1.82, 2.24) is 9.97 Å². The number of carbonyl (C=O) groups is 2. The maximum atomic E-state index is 11.2. The van der Waals surface area contributed by atoms with Crippen LogP contribution in [0.2, 0.25) is 0 Å². The van der Waals surface area contributed by atoms with Gasteiger partial charge in [-0.1, -0.05) is 72.8 Å². The van der Waals surface area contributed by atoms with E-state index in [-0.39, 0.29) is 12.8 Å². The molecule has 0 saturated heterocycles. The number of carboxylic acids is 1. The first kappa shape index (κ1) is 23.1. The van der Waals surface area contributed by atoms with Crippen molar-refractivity contribution in [2.45, 2.75) is 30.8 Å². The highest BCUT2D eigenvalue weighted by molar-refractivity contribution is 7.94. The van der Waals surface area contributed by atoms with Gasteiger partial charge in [-0.05, 0) is 42.5 Å². The van der Waals surface area contributed by atoms with Gasteiger partial charge in [-0.2, -0.15) is 0 Å². The van der Waals surface area contributed by atoms with E-state index in [0.717, 1.165) is 35.9 Å². The minimum Gasteiger partial charge on any atom is -0.550 e. The molecular weight excluding hydrogens is 424 g/mol. The third-order valence-corrected chi connectivity index (χ3v) is 5.12. The van der Waals surface area contributed by atoms with Crippen LogP contribution in [0, 0.1) is 0 Å². The number of aliphatic carboxylic acids is 1. The molecule has 32 heavy (non-hydrogen) atoms. The second-order valence-electron chi connectivity index (χ2n) is 6.94. The summed E-state index contributed by atoms with van der Waals surface area (Å²) < 4.78 is 4.80. The molecule has 1 aromatic heterocycles. The molecule has 0 aliphatic heterocycles. The molecule has 0 spiro atoms. The van der Waals surface area contributed by atoms with Crippen LogP contribution in [0.3, 0.4) is 0 Å². The van der Waals surface area contributed by atoms with Gasteiger partial charge in [0.1, 0.15) is 12.0 Å². The monoisotopic (exact) mass is 447 g/mol. The first-order valence-electron chi connectivity index (χ1n) is 10.2. The van der Waals surface area contributed by atoms with Crippen LogP contribution < -0.4 is 5.11 Å². The minimum atomic E-state index is -1.28. The summed E-state index contributed by atoms with van der Waals surface area (Å²) in [5.41, 5.74) is 4.43. The van der Waals surface area contributed by atoms with Gasteiger partial charge >= 0.3 is 5.97 Å². The van der Waals surface area contributed by atoms with E-state index in [1.807, 2.05) is 24.3 Å². The van der Waals surface area contributed by atoms with Crippen LogP contribution in [0.15, 0.2) is 90.1 Å². The van der Waals surface area contributed by atoms with Crippen molar-refractivity contribution in [3.05, 3.63) is 96.1 Å². The number of carboxylic acid groups (broad SMARTS) is 1. The molecule has 164 valence electrons. The highest BCUT2D eigenvalue weighted by atomic mass is 32.2. The zero-order valence-electron chi connectivity index (χ0n) is 17.4. The van der Waals surface area contributed by atoms with Crippen LogP contribution in [0.25, 0.3) is 11.0 Å². The minimum absolute atomic E-state index is 0.213. The standard InChI is InChI=1S/C14H14.C11H10N2O4S/c1-3-7-13(8-4-1)11-12-14-9-5-2-6-10-14;14-9(15)5-6-10(16)17-18-11-12-7-3-1-2-4-8(7)13-11/h1-10H,11-12H2;1-4H,5-6H2,(H,12,13)(H,14,15)/p-1. The first-order chi connectivity index (χ1) is 15.6. The van der Waals surface area contributed by atoms with Crippen molar-refractivity contribution >= 4 is 35.0 Å². The van der Waals surface area contributed by atoms with E-state index in [2.05, 4.69) is 70.6 Å². The number of hydrogen-bond donors (Lipinski definition) is 1. The number of benzene rings is 3. The fraction of sp³-hybridized carbons (Fsp3) is 0.160. The molecule has 0 bridgehead atoms. The van der Waals surface area contributed by atoms with Crippen molar-refractivity contribution in [3.63, 3.8) is 0 Å². The Morgan fingerprint density at radius 3 is 1.94 bits per heavy atom. The Morgan fingerprint density at radius 2 is 1.38 bits per heavy atom. The third-order valence-electron chi connectivity index (χ3n) is 4.50. The van der Waals surface area contributed by atoms with Crippen LogP contribution in [0.1, 0.15) is 24.0 Å². The molecule has 4 rings (SSSR count). The van der Waals surface area contributed by atoms with E-state index >= 15 is 0 Å². The topological polar surface area (TPSA) is 95.1 Å². The lowest BCUT2D eigenvalue weighted by atomic mass is 10.0. The van der Waals surface area contributed by atoms with Crippen molar-refractivity contribution in [1.29, 1.82) is 0 Å². The van der Waals surface area contributed by atoms with Crippen LogP contribution in [-0.4, -0.2) is 21.9 Å². The number of hydrogen-bond acceptors (Lipinski definition) is 6. The van der Waals surface area contributed by atoms with Gasteiger partial charge in [-0.25, -0.2) is 4.98 Å². The maximum Gasteiger partial charge on any atom is 0.318 e. The second-order valence-corrected chi connectivity index (χ2v) is 7.66. The number of rotatable bonds is 8. The number of carbonyl (C=O) groups excluding carboxylic acids is 2. The molecule has 0 aliphatic carbocycles. The lowest BCUT2D eigenvalue weighted by Gasteiger charge is -2.01. The highest BCUT2D eigenvalue weighted by Gasteiger charge is 2.08. The predicted molar refractivity (Wildman–Crippen MR) is 123 cm³/mol. The number of aryl methyl sites for hydroxylation is 2. The van der Waals surface area contributed by atoms with Crippen LogP contribution in [0.4, 0.5) is 0 Å². The van der Waals surface area contributed by atoms with E-state index in [1.165, 1.54) is 11.1 Å². The first-order valence-corrected chi connectivity index (χ1v) is 10.9. The third kappa shape index (κ3) is 7.92. The summed E-state index contributed by atoms with van der Waals surface area (Å²) in [5.74, 6) is -1.90. The Labute approximate surface area is 190 Å². The van der Waals surface area contributed by atoms with Crippen LogP contribution >= 0.6 is 12.0 Å². The Kier molecular flexibility index (Phi) is 8.89. The number of H-pyrrole nitrogens is 1. The molecule has 0 fully saturated rings. The van der Waals surface area contributed by atoms with Crippen LogP contribution in [0.5, 0.6) is 0 Å². The van der Waals surface area contributed by atoms with Gasteiger partial charge in [0.15, 0.2) is 0 Å². The van der Waals surface area contributed by atoms with Gasteiger partial charge in [0, 0.05) is 5.97 Å². The molecule has 0 saturated carbocycles. The summed E-state index contributed by atoms with van der Waals surface area (Å²) in [4.78, 5) is 28.5. The zero-order valence-corrected chi connectivity index (χ0v) is 18.2. The second kappa shape index (κ2) is 12.3. The SMILES string of the molecule is O=C([O-])CCC(=O)OSc1nc2ccccc2[nH]1.c1ccc(CCc2ccccc2)cc1. The zero-order chi connectivity index (χ0) is 22.6. The van der Waals surface area contributed by atoms with Gasteiger partial charge < -0.3 is 19.1 Å². The molecule has 0 aliphatic rings. The normalized spacial score (nSPS) is 10.2. The molecule has 7 heteroatoms. The van der Waals surface area contributed by atoms with E-state index < -0.39 is 11.9 Å². The summed E-state index contributed by atoms with van der Waals surface area (Å²) in [6, 6.07) is 28.6. The molecule has 0 amide bonds. The summed E-state index contributed by atoms with van der Waals surface area (Å²) in [7, 11) is 0. The molecule has 6 nitrogen and oxygen atoms in total. The highest BCUT2D eigenvalue weighted by Crippen LogP contribution is 2.20. The Morgan fingerprint density at radius 1 is 0.812 bits per heavy atom. The Bertz CT molecular complexity index is 1060. The van der Waals surface area contributed by atoms with Crippen molar-refractivity contribution in [2.24, 2.45) is 0 Å². The van der Waals surface area contributed by atoms with E-state index in [0.29, 0.717) is 5.16 Å². The number of nitrogens with zero attached hydrogens (tertiary/aromatic N) is 1. The van der Waals surface area contributed by atoms with Gasteiger partial charge in [-0.3, -0.25) is 4.79 Å². The molecule has 0 atom stereocenters.